The van der Waals surface area contributed by atoms with Crippen LogP contribution >= 0.6 is 23.4 Å². The van der Waals surface area contributed by atoms with Crippen LogP contribution in [0.25, 0.3) is 0 Å². The summed E-state index contributed by atoms with van der Waals surface area (Å²) in [5.41, 5.74) is 1.04. The van der Waals surface area contributed by atoms with Crippen molar-refractivity contribution < 1.29 is 8.42 Å². The summed E-state index contributed by atoms with van der Waals surface area (Å²) < 4.78 is 23.3. The van der Waals surface area contributed by atoms with Gasteiger partial charge in [0, 0.05) is 16.8 Å². The minimum Gasteiger partial charge on any atom is -0.342 e. The lowest BCUT2D eigenvalue weighted by Crippen LogP contribution is -2.36. The van der Waals surface area contributed by atoms with Gasteiger partial charge in [-0.15, -0.1) is 0 Å². The number of benzene rings is 1. The molecule has 1 N–H and O–H groups in total. The van der Waals surface area contributed by atoms with Gasteiger partial charge < -0.3 is 4.90 Å². The molecule has 102 valence electrons. The van der Waals surface area contributed by atoms with Gasteiger partial charge in [0.25, 0.3) is 0 Å². The van der Waals surface area contributed by atoms with E-state index in [0.29, 0.717) is 16.7 Å². The Balaban J connectivity index is 1.80. The van der Waals surface area contributed by atoms with Crippen molar-refractivity contribution in [1.82, 2.24) is 4.90 Å². The fourth-order valence-corrected chi connectivity index (χ4v) is 6.49. The van der Waals surface area contributed by atoms with Crippen molar-refractivity contribution in [3.8, 4) is 0 Å². The number of halogens is 1. The molecule has 0 aliphatic carbocycles. The van der Waals surface area contributed by atoms with Gasteiger partial charge in [0.2, 0.25) is 0 Å². The van der Waals surface area contributed by atoms with E-state index in [-0.39, 0.29) is 22.8 Å². The molecule has 0 spiro atoms. The van der Waals surface area contributed by atoms with Crippen molar-refractivity contribution in [2.75, 3.05) is 11.5 Å². The summed E-state index contributed by atoms with van der Waals surface area (Å²) >= 11 is 7.22. The lowest BCUT2D eigenvalue weighted by Gasteiger charge is -2.23. The van der Waals surface area contributed by atoms with Crippen molar-refractivity contribution in [1.29, 1.82) is 5.41 Å². The molecular formula is C12H13ClN2O2S2. The summed E-state index contributed by atoms with van der Waals surface area (Å²) in [6.45, 7) is 0.569. The second-order valence-electron chi connectivity index (χ2n) is 4.86. The molecule has 0 aromatic heterocycles. The second kappa shape index (κ2) is 4.68. The number of hydrogen-bond donors (Lipinski definition) is 1. The van der Waals surface area contributed by atoms with Gasteiger partial charge in [0.1, 0.15) is 0 Å². The summed E-state index contributed by atoms with van der Waals surface area (Å²) in [6.07, 6.45) is 0. The first-order valence-corrected chi connectivity index (χ1v) is 8.99. The summed E-state index contributed by atoms with van der Waals surface area (Å²) in [4.78, 5) is 1.89. The van der Waals surface area contributed by atoms with E-state index in [9.17, 15) is 8.42 Å². The van der Waals surface area contributed by atoms with Gasteiger partial charge in [-0.25, -0.2) is 8.42 Å². The third kappa shape index (κ3) is 2.61. The van der Waals surface area contributed by atoms with Crippen LogP contribution in [0.3, 0.4) is 0 Å². The SMILES string of the molecule is N=C1S[C@H]2CS(=O)(=O)C[C@H]2N1Cc1ccc(Cl)cc1. The Morgan fingerprint density at radius 3 is 2.68 bits per heavy atom. The van der Waals surface area contributed by atoms with E-state index in [1.165, 1.54) is 11.8 Å². The highest BCUT2D eigenvalue weighted by atomic mass is 35.5. The average Bonchev–Trinajstić information content (AvgIpc) is 2.75. The summed E-state index contributed by atoms with van der Waals surface area (Å²) in [5, 5.41) is 9.16. The number of sulfone groups is 1. The van der Waals surface area contributed by atoms with E-state index in [4.69, 9.17) is 17.0 Å². The van der Waals surface area contributed by atoms with Gasteiger partial charge in [-0.2, -0.15) is 0 Å². The highest BCUT2D eigenvalue weighted by molar-refractivity contribution is 8.15. The monoisotopic (exact) mass is 316 g/mol. The number of thioether (sulfide) groups is 1. The van der Waals surface area contributed by atoms with Crippen LogP contribution in [0.1, 0.15) is 5.56 Å². The quantitative estimate of drug-likeness (QED) is 0.906. The molecule has 4 nitrogen and oxygen atoms in total. The van der Waals surface area contributed by atoms with Crippen LogP contribution in [0.5, 0.6) is 0 Å². The number of hydrogen-bond acceptors (Lipinski definition) is 4. The number of fused-ring (bicyclic) bond motifs is 1. The highest BCUT2D eigenvalue weighted by Gasteiger charge is 2.47. The average molecular weight is 317 g/mol. The van der Waals surface area contributed by atoms with E-state index in [2.05, 4.69) is 0 Å². The molecule has 7 heteroatoms. The van der Waals surface area contributed by atoms with E-state index in [1.54, 1.807) is 0 Å². The molecule has 2 aliphatic rings. The van der Waals surface area contributed by atoms with E-state index < -0.39 is 9.84 Å². The van der Waals surface area contributed by atoms with E-state index >= 15 is 0 Å². The first-order valence-electron chi connectivity index (χ1n) is 5.91. The molecule has 0 radical (unpaired) electrons. The van der Waals surface area contributed by atoms with Gasteiger partial charge in [0.05, 0.1) is 17.5 Å². The Morgan fingerprint density at radius 2 is 2.00 bits per heavy atom. The van der Waals surface area contributed by atoms with Crippen molar-refractivity contribution in [3.05, 3.63) is 34.9 Å². The van der Waals surface area contributed by atoms with Gasteiger partial charge in [-0.1, -0.05) is 35.5 Å². The van der Waals surface area contributed by atoms with Gasteiger partial charge in [-0.3, -0.25) is 5.41 Å². The van der Waals surface area contributed by atoms with Gasteiger partial charge >= 0.3 is 0 Å². The minimum atomic E-state index is -2.94. The molecule has 2 aliphatic heterocycles. The Hall–Kier alpha value is -0.720. The fraction of sp³-hybridized carbons (Fsp3) is 0.417. The van der Waals surface area contributed by atoms with Crippen molar-refractivity contribution >= 4 is 38.4 Å². The topological polar surface area (TPSA) is 61.2 Å². The summed E-state index contributed by atoms with van der Waals surface area (Å²) in [6, 6.07) is 7.39. The smallest absolute Gasteiger partial charge is 0.157 e. The molecule has 1 aromatic carbocycles. The molecule has 0 bridgehead atoms. The maximum atomic E-state index is 11.7. The van der Waals surface area contributed by atoms with Crippen LogP contribution in [-0.2, 0) is 16.4 Å². The molecule has 2 atom stereocenters. The predicted molar refractivity (Wildman–Crippen MR) is 78.5 cm³/mol. The maximum absolute atomic E-state index is 11.7. The van der Waals surface area contributed by atoms with Crippen LogP contribution < -0.4 is 0 Å². The molecule has 0 amide bonds. The largest absolute Gasteiger partial charge is 0.342 e. The van der Waals surface area contributed by atoms with Gasteiger partial charge in [0.15, 0.2) is 15.0 Å². The van der Waals surface area contributed by atoms with Crippen LogP contribution in [0.15, 0.2) is 24.3 Å². The number of nitrogens with one attached hydrogen (secondary N) is 1. The Bertz CT molecular complexity index is 615. The summed E-state index contributed by atoms with van der Waals surface area (Å²) in [7, 11) is -2.94. The third-order valence-electron chi connectivity index (χ3n) is 3.46. The normalized spacial score (nSPS) is 28.7. The molecule has 0 unspecified atom stereocenters. The molecule has 2 saturated heterocycles. The lowest BCUT2D eigenvalue weighted by atomic mass is 10.1. The van der Waals surface area contributed by atoms with Crippen LogP contribution in [0.2, 0.25) is 5.02 Å². The highest BCUT2D eigenvalue weighted by Crippen LogP contribution is 2.38. The zero-order valence-electron chi connectivity index (χ0n) is 10.0. The molecular weight excluding hydrogens is 304 g/mol. The van der Waals surface area contributed by atoms with E-state index in [1.807, 2.05) is 29.2 Å². The third-order valence-corrected chi connectivity index (χ3v) is 6.88. The number of rotatable bonds is 2. The zero-order chi connectivity index (χ0) is 13.6. The predicted octanol–water partition coefficient (Wildman–Crippen LogP) is 1.99. The minimum absolute atomic E-state index is 0.0183. The molecule has 2 fully saturated rings. The van der Waals surface area contributed by atoms with Crippen molar-refractivity contribution in [3.63, 3.8) is 0 Å². The van der Waals surface area contributed by atoms with Crippen molar-refractivity contribution in [2.24, 2.45) is 0 Å². The number of nitrogens with zero attached hydrogens (tertiary/aromatic N) is 1. The van der Waals surface area contributed by atoms with Crippen LogP contribution in [0, 0.1) is 5.41 Å². The maximum Gasteiger partial charge on any atom is 0.157 e. The Labute approximate surface area is 121 Å². The lowest BCUT2D eigenvalue weighted by molar-refractivity contribution is 0.349. The first kappa shape index (κ1) is 13.3. The first-order chi connectivity index (χ1) is 8.94. The molecule has 19 heavy (non-hydrogen) atoms. The molecule has 1 aromatic rings. The Morgan fingerprint density at radius 1 is 1.32 bits per heavy atom. The van der Waals surface area contributed by atoms with Crippen LogP contribution in [0.4, 0.5) is 0 Å². The molecule has 2 heterocycles. The zero-order valence-corrected chi connectivity index (χ0v) is 12.4. The van der Waals surface area contributed by atoms with Crippen LogP contribution in [-0.4, -0.2) is 41.3 Å². The second-order valence-corrected chi connectivity index (χ2v) is 8.68. The summed E-state index contributed by atoms with van der Waals surface area (Å²) in [5.74, 6) is 0.364. The Kier molecular flexibility index (Phi) is 3.27. The van der Waals surface area contributed by atoms with Crippen molar-refractivity contribution in [2.45, 2.75) is 17.8 Å². The van der Waals surface area contributed by atoms with Gasteiger partial charge in [-0.05, 0) is 17.7 Å². The molecule has 3 rings (SSSR count). The molecule has 0 saturated carbocycles. The number of amidine groups is 1. The standard InChI is InChI=1S/C12H13ClN2O2S2/c13-9-3-1-8(2-4-9)5-15-10-6-19(16,17)7-11(10)18-12(15)14/h1-4,10-11,14H,5-7H2/t10-,11+/m1/s1. The fourth-order valence-electron chi connectivity index (χ4n) is 2.54. The van der Waals surface area contributed by atoms with E-state index in [0.717, 1.165) is 5.56 Å².